The third-order valence-corrected chi connectivity index (χ3v) is 3.66. The van der Waals surface area contributed by atoms with Gasteiger partial charge >= 0.3 is 0 Å². The fourth-order valence-electron chi connectivity index (χ4n) is 2.02. The van der Waals surface area contributed by atoms with E-state index in [0.717, 1.165) is 12.2 Å². The molecule has 112 valence electrons. The van der Waals surface area contributed by atoms with E-state index in [4.69, 9.17) is 12.2 Å². The lowest BCUT2D eigenvalue weighted by atomic mass is 9.87. The highest BCUT2D eigenvalue weighted by Gasteiger charge is 2.12. The summed E-state index contributed by atoms with van der Waals surface area (Å²) in [5.41, 5.74) is 3.89. The summed E-state index contributed by atoms with van der Waals surface area (Å²) in [6.07, 6.45) is 1.91. The van der Waals surface area contributed by atoms with E-state index in [-0.39, 0.29) is 5.41 Å². The topological polar surface area (TPSA) is 39.8 Å². The van der Waals surface area contributed by atoms with E-state index < -0.39 is 0 Å². The van der Waals surface area contributed by atoms with Gasteiger partial charge in [0.25, 0.3) is 0 Å². The van der Waals surface area contributed by atoms with Crippen LogP contribution in [0.2, 0.25) is 0 Å². The summed E-state index contributed by atoms with van der Waals surface area (Å²) in [4.78, 5) is 3.14. The van der Waals surface area contributed by atoms with Gasteiger partial charge in [-0.2, -0.15) is 0 Å². The van der Waals surface area contributed by atoms with Crippen LogP contribution in [0.3, 0.4) is 0 Å². The molecular weight excluding hydrogens is 278 g/mol. The van der Waals surface area contributed by atoms with Gasteiger partial charge in [0.15, 0.2) is 5.11 Å². The predicted molar refractivity (Wildman–Crippen MR) is 92.2 cm³/mol. The zero-order valence-electron chi connectivity index (χ0n) is 12.9. The first kappa shape index (κ1) is 15.6. The first-order chi connectivity index (χ1) is 9.95. The normalized spacial score (nSPS) is 11.2. The number of hydrogen-bond donors (Lipinski definition) is 3. The van der Waals surface area contributed by atoms with Gasteiger partial charge in [-0.1, -0.05) is 45.0 Å². The zero-order chi connectivity index (χ0) is 15.3. The summed E-state index contributed by atoms with van der Waals surface area (Å²) >= 11 is 5.28. The third-order valence-electron chi connectivity index (χ3n) is 3.37. The monoisotopic (exact) mass is 301 g/mol. The van der Waals surface area contributed by atoms with E-state index in [1.54, 1.807) is 0 Å². The number of nitrogens with one attached hydrogen (secondary N) is 3. The number of aromatic nitrogens is 1. The Morgan fingerprint density at radius 3 is 2.29 bits per heavy atom. The number of hydrogen-bond acceptors (Lipinski definition) is 1. The molecule has 0 unspecified atom stereocenters. The Labute approximate surface area is 132 Å². The van der Waals surface area contributed by atoms with E-state index in [0.29, 0.717) is 11.7 Å². The van der Waals surface area contributed by atoms with Gasteiger partial charge in [0.05, 0.1) is 6.54 Å². The van der Waals surface area contributed by atoms with Crippen molar-refractivity contribution >= 4 is 17.3 Å². The molecule has 4 heteroatoms. The standard InChI is InChI=1S/C17H23N3S/c1-17(2,3)14-8-6-13(7-9-14)11-19-16(21)20-12-15-5-4-10-18-15/h4-10,18H,11-12H2,1-3H3,(H2,19,20,21). The fraction of sp³-hybridized carbons (Fsp3) is 0.353. The second kappa shape index (κ2) is 6.76. The van der Waals surface area contributed by atoms with Crippen LogP contribution in [-0.4, -0.2) is 10.1 Å². The summed E-state index contributed by atoms with van der Waals surface area (Å²) in [5, 5.41) is 7.08. The van der Waals surface area contributed by atoms with Gasteiger partial charge in [-0.3, -0.25) is 0 Å². The Bertz CT molecular complexity index is 565. The zero-order valence-corrected chi connectivity index (χ0v) is 13.7. The quantitative estimate of drug-likeness (QED) is 0.757. The lowest BCUT2D eigenvalue weighted by Gasteiger charge is -2.19. The first-order valence-electron chi connectivity index (χ1n) is 7.18. The van der Waals surface area contributed by atoms with Crippen molar-refractivity contribution in [1.29, 1.82) is 0 Å². The van der Waals surface area contributed by atoms with E-state index >= 15 is 0 Å². The van der Waals surface area contributed by atoms with Crippen molar-refractivity contribution in [2.24, 2.45) is 0 Å². The molecule has 0 saturated carbocycles. The molecule has 0 aliphatic carbocycles. The van der Waals surface area contributed by atoms with Crippen LogP contribution in [0.25, 0.3) is 0 Å². The molecule has 0 fully saturated rings. The van der Waals surface area contributed by atoms with E-state index in [1.807, 2.05) is 18.3 Å². The maximum Gasteiger partial charge on any atom is 0.166 e. The molecule has 1 heterocycles. The van der Waals surface area contributed by atoms with E-state index in [2.05, 4.69) is 60.7 Å². The lowest BCUT2D eigenvalue weighted by Crippen LogP contribution is -2.34. The highest BCUT2D eigenvalue weighted by Crippen LogP contribution is 2.22. The minimum absolute atomic E-state index is 0.193. The lowest BCUT2D eigenvalue weighted by molar-refractivity contribution is 0.590. The Morgan fingerprint density at radius 1 is 1.05 bits per heavy atom. The first-order valence-corrected chi connectivity index (χ1v) is 7.59. The van der Waals surface area contributed by atoms with Crippen LogP contribution in [0.5, 0.6) is 0 Å². The van der Waals surface area contributed by atoms with Gasteiger partial charge in [-0.05, 0) is 40.9 Å². The molecule has 2 aromatic rings. The van der Waals surface area contributed by atoms with E-state index in [1.165, 1.54) is 11.1 Å². The number of H-pyrrole nitrogens is 1. The van der Waals surface area contributed by atoms with Crippen LogP contribution >= 0.6 is 12.2 Å². The van der Waals surface area contributed by atoms with Crippen molar-refractivity contribution < 1.29 is 0 Å². The Kier molecular flexibility index (Phi) is 5.02. The van der Waals surface area contributed by atoms with Crippen molar-refractivity contribution in [1.82, 2.24) is 15.6 Å². The predicted octanol–water partition coefficient (Wildman–Crippen LogP) is 3.48. The minimum atomic E-state index is 0.193. The molecule has 0 aliphatic rings. The summed E-state index contributed by atoms with van der Waals surface area (Å²) in [6.45, 7) is 8.11. The molecule has 2 rings (SSSR count). The Morgan fingerprint density at radius 2 is 1.71 bits per heavy atom. The third kappa shape index (κ3) is 4.90. The molecule has 1 aromatic carbocycles. The average Bonchev–Trinajstić information content (AvgIpc) is 2.95. The largest absolute Gasteiger partial charge is 0.364 e. The Balaban J connectivity index is 1.78. The molecule has 0 amide bonds. The van der Waals surface area contributed by atoms with Crippen molar-refractivity contribution in [3.63, 3.8) is 0 Å². The molecule has 0 radical (unpaired) electrons. The molecule has 3 N–H and O–H groups in total. The molecule has 0 atom stereocenters. The molecule has 0 saturated heterocycles. The molecule has 0 aliphatic heterocycles. The highest BCUT2D eigenvalue weighted by atomic mass is 32.1. The van der Waals surface area contributed by atoms with Gasteiger partial charge in [0.2, 0.25) is 0 Å². The average molecular weight is 301 g/mol. The van der Waals surface area contributed by atoms with Gasteiger partial charge in [0, 0.05) is 18.4 Å². The van der Waals surface area contributed by atoms with Gasteiger partial charge in [-0.15, -0.1) is 0 Å². The number of aromatic amines is 1. The van der Waals surface area contributed by atoms with Gasteiger partial charge < -0.3 is 15.6 Å². The minimum Gasteiger partial charge on any atom is -0.364 e. The van der Waals surface area contributed by atoms with Crippen molar-refractivity contribution in [2.75, 3.05) is 0 Å². The van der Waals surface area contributed by atoms with Crippen LogP contribution in [0.15, 0.2) is 42.6 Å². The van der Waals surface area contributed by atoms with Crippen LogP contribution in [0.4, 0.5) is 0 Å². The molecular formula is C17H23N3S. The summed E-state index contributed by atoms with van der Waals surface area (Å²) in [7, 11) is 0. The maximum absolute atomic E-state index is 5.28. The van der Waals surface area contributed by atoms with E-state index in [9.17, 15) is 0 Å². The molecule has 1 aromatic heterocycles. The highest BCUT2D eigenvalue weighted by molar-refractivity contribution is 7.80. The van der Waals surface area contributed by atoms with Crippen molar-refractivity contribution in [3.05, 3.63) is 59.4 Å². The second-order valence-electron chi connectivity index (χ2n) is 6.18. The smallest absolute Gasteiger partial charge is 0.166 e. The van der Waals surface area contributed by atoms with Crippen LogP contribution in [-0.2, 0) is 18.5 Å². The van der Waals surface area contributed by atoms with Crippen molar-refractivity contribution in [3.8, 4) is 0 Å². The number of benzene rings is 1. The summed E-state index contributed by atoms with van der Waals surface area (Å²) in [6, 6.07) is 12.7. The molecule has 0 bridgehead atoms. The SMILES string of the molecule is CC(C)(C)c1ccc(CNC(=S)NCc2ccc[nH]2)cc1. The summed E-state index contributed by atoms with van der Waals surface area (Å²) in [5.74, 6) is 0. The second-order valence-corrected chi connectivity index (χ2v) is 6.59. The van der Waals surface area contributed by atoms with Gasteiger partial charge in [0.1, 0.15) is 0 Å². The summed E-state index contributed by atoms with van der Waals surface area (Å²) < 4.78 is 0. The molecule has 0 spiro atoms. The maximum atomic E-state index is 5.28. The molecule has 3 nitrogen and oxygen atoms in total. The van der Waals surface area contributed by atoms with Crippen molar-refractivity contribution in [2.45, 2.75) is 39.3 Å². The molecule has 21 heavy (non-hydrogen) atoms. The number of rotatable bonds is 4. The Hall–Kier alpha value is -1.81. The van der Waals surface area contributed by atoms with Crippen LogP contribution in [0.1, 0.15) is 37.6 Å². The fourth-order valence-corrected chi connectivity index (χ4v) is 2.16. The number of thiocarbonyl (C=S) groups is 1. The van der Waals surface area contributed by atoms with Crippen LogP contribution in [0, 0.1) is 0 Å². The van der Waals surface area contributed by atoms with Crippen LogP contribution < -0.4 is 10.6 Å². The van der Waals surface area contributed by atoms with Gasteiger partial charge in [-0.25, -0.2) is 0 Å².